The van der Waals surface area contributed by atoms with Crippen molar-refractivity contribution in [2.24, 2.45) is 0 Å². The molecule has 0 aliphatic rings. The van der Waals surface area contributed by atoms with Crippen molar-refractivity contribution in [3.8, 4) is 0 Å². The molecule has 102 valence electrons. The molecule has 0 fully saturated rings. The SMILES string of the molecule is CN(Cc1cccc(F)c1)c1nc(Br)cn2ccnc12. The molecule has 0 aliphatic heterocycles. The van der Waals surface area contributed by atoms with Crippen molar-refractivity contribution in [2.45, 2.75) is 6.54 Å². The van der Waals surface area contributed by atoms with Crippen molar-refractivity contribution >= 4 is 27.4 Å². The first-order chi connectivity index (χ1) is 9.63. The van der Waals surface area contributed by atoms with Gasteiger partial charge in [0, 0.05) is 32.2 Å². The molecule has 0 aliphatic carbocycles. The number of rotatable bonds is 3. The van der Waals surface area contributed by atoms with E-state index in [-0.39, 0.29) is 5.82 Å². The zero-order valence-electron chi connectivity index (χ0n) is 10.8. The highest BCUT2D eigenvalue weighted by molar-refractivity contribution is 9.10. The first-order valence-corrected chi connectivity index (χ1v) is 6.87. The molecule has 0 atom stereocenters. The number of imidazole rings is 1. The van der Waals surface area contributed by atoms with Gasteiger partial charge in [-0.05, 0) is 33.6 Å². The molecule has 0 radical (unpaired) electrons. The number of hydrogen-bond acceptors (Lipinski definition) is 3. The van der Waals surface area contributed by atoms with E-state index < -0.39 is 0 Å². The zero-order valence-corrected chi connectivity index (χ0v) is 12.4. The fraction of sp³-hybridized carbons (Fsp3) is 0.143. The van der Waals surface area contributed by atoms with Gasteiger partial charge in [0.05, 0.1) is 0 Å². The third-order valence-electron chi connectivity index (χ3n) is 3.00. The van der Waals surface area contributed by atoms with E-state index in [1.807, 2.05) is 34.8 Å². The van der Waals surface area contributed by atoms with E-state index in [1.165, 1.54) is 12.1 Å². The van der Waals surface area contributed by atoms with Gasteiger partial charge in [-0.2, -0.15) is 0 Å². The van der Waals surface area contributed by atoms with Crippen LogP contribution in [0.25, 0.3) is 5.65 Å². The van der Waals surface area contributed by atoms with E-state index >= 15 is 0 Å². The molecule has 2 heterocycles. The zero-order chi connectivity index (χ0) is 14.1. The first kappa shape index (κ1) is 13.1. The van der Waals surface area contributed by atoms with Gasteiger partial charge in [-0.1, -0.05) is 12.1 Å². The lowest BCUT2D eigenvalue weighted by Gasteiger charge is -2.19. The molecule has 2 aromatic heterocycles. The molecule has 0 N–H and O–H groups in total. The molecule has 0 bridgehead atoms. The summed E-state index contributed by atoms with van der Waals surface area (Å²) in [6.45, 7) is 0.559. The summed E-state index contributed by atoms with van der Waals surface area (Å²) in [6, 6.07) is 6.56. The highest BCUT2D eigenvalue weighted by Gasteiger charge is 2.11. The van der Waals surface area contributed by atoms with E-state index in [9.17, 15) is 4.39 Å². The Kier molecular flexibility index (Phi) is 3.40. The number of fused-ring (bicyclic) bond motifs is 1. The highest BCUT2D eigenvalue weighted by Crippen LogP contribution is 2.21. The summed E-state index contributed by atoms with van der Waals surface area (Å²) in [6.07, 6.45) is 5.44. The topological polar surface area (TPSA) is 33.4 Å². The second kappa shape index (κ2) is 5.20. The van der Waals surface area contributed by atoms with Crippen LogP contribution in [0.3, 0.4) is 0 Å². The summed E-state index contributed by atoms with van der Waals surface area (Å²) < 4.78 is 15.9. The number of hydrogen-bond donors (Lipinski definition) is 0. The Bertz CT molecular complexity index is 756. The number of benzene rings is 1. The number of halogens is 2. The largest absolute Gasteiger partial charge is 0.352 e. The molecular formula is C14H12BrFN4. The quantitative estimate of drug-likeness (QED) is 0.737. The Balaban J connectivity index is 1.96. The molecule has 3 rings (SSSR count). The summed E-state index contributed by atoms with van der Waals surface area (Å²) in [5.74, 6) is 0.512. The third-order valence-corrected chi connectivity index (χ3v) is 3.38. The lowest BCUT2D eigenvalue weighted by atomic mass is 10.2. The van der Waals surface area contributed by atoms with Gasteiger partial charge in [-0.3, -0.25) is 0 Å². The van der Waals surface area contributed by atoms with Crippen molar-refractivity contribution in [1.29, 1.82) is 0 Å². The maximum absolute atomic E-state index is 13.2. The predicted octanol–water partition coefficient (Wildman–Crippen LogP) is 3.27. The predicted molar refractivity (Wildman–Crippen MR) is 79.2 cm³/mol. The van der Waals surface area contributed by atoms with Crippen LogP contribution in [0.1, 0.15) is 5.56 Å². The molecule has 0 saturated carbocycles. The Labute approximate surface area is 124 Å². The van der Waals surface area contributed by atoms with Crippen LogP contribution >= 0.6 is 15.9 Å². The van der Waals surface area contributed by atoms with Crippen molar-refractivity contribution in [1.82, 2.24) is 14.4 Å². The van der Waals surface area contributed by atoms with Gasteiger partial charge in [-0.25, -0.2) is 14.4 Å². The van der Waals surface area contributed by atoms with Gasteiger partial charge in [0.1, 0.15) is 10.4 Å². The number of aromatic nitrogens is 3. The maximum Gasteiger partial charge on any atom is 0.180 e. The molecule has 20 heavy (non-hydrogen) atoms. The second-order valence-corrected chi connectivity index (χ2v) is 5.34. The smallest absolute Gasteiger partial charge is 0.180 e. The van der Waals surface area contributed by atoms with E-state index in [0.717, 1.165) is 21.6 Å². The lowest BCUT2D eigenvalue weighted by Crippen LogP contribution is -2.19. The molecule has 6 heteroatoms. The molecule has 0 spiro atoms. The maximum atomic E-state index is 13.2. The fourth-order valence-corrected chi connectivity index (χ4v) is 2.51. The summed E-state index contributed by atoms with van der Waals surface area (Å²) in [5.41, 5.74) is 1.66. The summed E-state index contributed by atoms with van der Waals surface area (Å²) in [5, 5.41) is 0. The summed E-state index contributed by atoms with van der Waals surface area (Å²) in [7, 11) is 1.91. The molecule has 1 aromatic carbocycles. The minimum atomic E-state index is -0.232. The van der Waals surface area contributed by atoms with Gasteiger partial charge in [-0.15, -0.1) is 0 Å². The van der Waals surface area contributed by atoms with Crippen LogP contribution in [-0.2, 0) is 6.54 Å². The van der Waals surface area contributed by atoms with Gasteiger partial charge in [0.2, 0.25) is 0 Å². The molecule has 0 saturated heterocycles. The average Bonchev–Trinajstić information content (AvgIpc) is 2.85. The molecular weight excluding hydrogens is 323 g/mol. The number of anilines is 1. The lowest BCUT2D eigenvalue weighted by molar-refractivity contribution is 0.625. The van der Waals surface area contributed by atoms with Crippen LogP contribution in [-0.4, -0.2) is 21.4 Å². The van der Waals surface area contributed by atoms with Crippen LogP contribution < -0.4 is 4.90 Å². The van der Waals surface area contributed by atoms with Crippen molar-refractivity contribution in [3.63, 3.8) is 0 Å². The fourth-order valence-electron chi connectivity index (χ4n) is 2.13. The Morgan fingerprint density at radius 2 is 2.25 bits per heavy atom. The van der Waals surface area contributed by atoms with Crippen LogP contribution in [0.5, 0.6) is 0 Å². The van der Waals surface area contributed by atoms with Gasteiger partial charge < -0.3 is 9.30 Å². The molecule has 0 unspecified atom stereocenters. The number of nitrogens with zero attached hydrogens (tertiary/aromatic N) is 4. The van der Waals surface area contributed by atoms with Crippen molar-refractivity contribution in [2.75, 3.05) is 11.9 Å². The Hall–Kier alpha value is -1.95. The van der Waals surface area contributed by atoms with Crippen LogP contribution in [0, 0.1) is 5.82 Å². The van der Waals surface area contributed by atoms with Crippen LogP contribution in [0.2, 0.25) is 0 Å². The van der Waals surface area contributed by atoms with Crippen molar-refractivity contribution < 1.29 is 4.39 Å². The second-order valence-electron chi connectivity index (χ2n) is 4.53. The molecule has 3 aromatic rings. The van der Waals surface area contributed by atoms with Crippen LogP contribution in [0.15, 0.2) is 47.5 Å². The van der Waals surface area contributed by atoms with Crippen LogP contribution in [0.4, 0.5) is 10.2 Å². The minimum absolute atomic E-state index is 0.232. The van der Waals surface area contributed by atoms with E-state index in [1.54, 1.807) is 12.3 Å². The molecule has 4 nitrogen and oxygen atoms in total. The molecule has 0 amide bonds. The normalized spacial score (nSPS) is 10.9. The van der Waals surface area contributed by atoms with E-state index in [4.69, 9.17) is 0 Å². The monoisotopic (exact) mass is 334 g/mol. The standard InChI is InChI=1S/C14H12BrFN4/c1-19(8-10-3-2-4-11(16)7-10)14-13-17-5-6-20(13)9-12(15)18-14/h2-7,9H,8H2,1H3. The average molecular weight is 335 g/mol. The van der Waals surface area contributed by atoms with Gasteiger partial charge in [0.25, 0.3) is 0 Å². The third kappa shape index (κ3) is 2.51. The van der Waals surface area contributed by atoms with Gasteiger partial charge >= 0.3 is 0 Å². The first-order valence-electron chi connectivity index (χ1n) is 6.08. The summed E-state index contributed by atoms with van der Waals surface area (Å²) >= 11 is 3.39. The van der Waals surface area contributed by atoms with E-state index in [2.05, 4.69) is 25.9 Å². The minimum Gasteiger partial charge on any atom is -0.352 e. The Morgan fingerprint density at radius 3 is 3.05 bits per heavy atom. The van der Waals surface area contributed by atoms with E-state index in [0.29, 0.717) is 6.54 Å². The highest BCUT2D eigenvalue weighted by atomic mass is 79.9. The van der Waals surface area contributed by atoms with Gasteiger partial charge in [0.15, 0.2) is 11.5 Å². The van der Waals surface area contributed by atoms with Crippen molar-refractivity contribution in [3.05, 3.63) is 58.8 Å². The summed E-state index contributed by atoms with van der Waals surface area (Å²) in [4.78, 5) is 10.7. The Morgan fingerprint density at radius 1 is 1.40 bits per heavy atom.